The molecule has 2 N–H and O–H groups in total. The Kier molecular flexibility index (Phi) is 5.26. The highest BCUT2D eigenvalue weighted by molar-refractivity contribution is 9.10. The van der Waals surface area contributed by atoms with Crippen molar-refractivity contribution in [1.29, 1.82) is 0 Å². The Hall–Kier alpha value is -2.07. The van der Waals surface area contributed by atoms with Crippen LogP contribution in [0.4, 0.5) is 18.9 Å². The number of β-amino-alcohol motifs (C(OH)–C–C–N with tert-alkyl or cyclic N) is 1. The maximum absolute atomic E-state index is 13.9. The van der Waals surface area contributed by atoms with E-state index < -0.39 is 36.6 Å². The van der Waals surface area contributed by atoms with Crippen LogP contribution in [0.3, 0.4) is 0 Å². The Bertz CT molecular complexity index is 681. The summed E-state index contributed by atoms with van der Waals surface area (Å²) < 4.78 is 42.4. The number of halogens is 4. The van der Waals surface area contributed by atoms with Crippen molar-refractivity contribution in [1.82, 2.24) is 4.90 Å². The van der Waals surface area contributed by atoms with Gasteiger partial charge in [0, 0.05) is 12.1 Å². The number of imide groups is 1. The molecule has 10 heteroatoms. The number of anilines is 1. The number of ether oxygens (including phenoxy) is 1. The smallest absolute Gasteiger partial charge is 0.387 e. The molecule has 0 unspecified atom stereocenters. The third-order valence-corrected chi connectivity index (χ3v) is 3.46. The van der Waals surface area contributed by atoms with Crippen LogP contribution in [0.25, 0.3) is 0 Å². The summed E-state index contributed by atoms with van der Waals surface area (Å²) in [7, 11) is 0. The summed E-state index contributed by atoms with van der Waals surface area (Å²) in [6.07, 6.45) is 0.953. The van der Waals surface area contributed by atoms with Crippen LogP contribution in [-0.4, -0.2) is 41.6 Å². The lowest BCUT2D eigenvalue weighted by Gasteiger charge is -2.14. The number of nitrogens with zero attached hydrogens (tertiary/aromatic N) is 1. The van der Waals surface area contributed by atoms with Crippen molar-refractivity contribution in [3.8, 4) is 5.75 Å². The predicted octanol–water partition coefficient (Wildman–Crippen LogP) is 1.85. The molecule has 1 aromatic carbocycles. The maximum atomic E-state index is 13.9. The number of carbonyl (C=O) groups excluding carboxylic acids is 2. The highest BCUT2D eigenvalue weighted by atomic mass is 79.9. The molecule has 2 amide bonds. The van der Waals surface area contributed by atoms with E-state index in [9.17, 15) is 22.8 Å². The number of benzene rings is 1. The zero-order valence-electron chi connectivity index (χ0n) is 11.4. The van der Waals surface area contributed by atoms with Gasteiger partial charge in [-0.15, -0.1) is 0 Å². The van der Waals surface area contributed by atoms with E-state index >= 15 is 0 Å². The average Bonchev–Trinajstić information content (AvgIpc) is 2.72. The second-order valence-corrected chi connectivity index (χ2v) is 5.20. The normalized spacial score (nSPS) is 14.5. The lowest BCUT2D eigenvalue weighted by molar-refractivity contribution is -0.137. The Morgan fingerprint density at radius 3 is 2.65 bits per heavy atom. The van der Waals surface area contributed by atoms with E-state index in [0.29, 0.717) is 6.07 Å². The molecule has 1 aromatic rings. The summed E-state index contributed by atoms with van der Waals surface area (Å²) in [5.41, 5.74) is -0.409. The molecule has 0 aromatic heterocycles. The first-order valence-electron chi connectivity index (χ1n) is 6.22. The van der Waals surface area contributed by atoms with Gasteiger partial charge >= 0.3 is 6.61 Å². The minimum Gasteiger partial charge on any atom is -0.434 e. The van der Waals surface area contributed by atoms with Crippen LogP contribution in [0.2, 0.25) is 0 Å². The third-order valence-electron chi connectivity index (χ3n) is 2.84. The molecule has 23 heavy (non-hydrogen) atoms. The highest BCUT2D eigenvalue weighted by Gasteiger charge is 2.31. The number of aliphatic hydroxyl groups is 1. The van der Waals surface area contributed by atoms with Crippen LogP contribution >= 0.6 is 15.9 Å². The molecule has 0 bridgehead atoms. The number of hydrogen-bond donors (Lipinski definition) is 2. The van der Waals surface area contributed by atoms with Crippen molar-refractivity contribution in [3.63, 3.8) is 0 Å². The molecule has 0 radical (unpaired) electrons. The van der Waals surface area contributed by atoms with Crippen LogP contribution < -0.4 is 10.1 Å². The summed E-state index contributed by atoms with van der Waals surface area (Å²) in [5.74, 6) is -2.74. The van der Waals surface area contributed by atoms with Crippen molar-refractivity contribution < 1.29 is 32.6 Å². The molecule has 124 valence electrons. The average molecular weight is 395 g/mol. The fourth-order valence-corrected chi connectivity index (χ4v) is 2.30. The monoisotopic (exact) mass is 394 g/mol. The molecular weight excluding hydrogens is 385 g/mol. The molecule has 0 saturated carbocycles. The van der Waals surface area contributed by atoms with E-state index in [4.69, 9.17) is 5.11 Å². The zero-order chi connectivity index (χ0) is 17.1. The zero-order valence-corrected chi connectivity index (χ0v) is 12.9. The van der Waals surface area contributed by atoms with Gasteiger partial charge in [0.1, 0.15) is 17.3 Å². The third kappa shape index (κ3) is 3.82. The molecule has 0 aliphatic carbocycles. The number of rotatable bonds is 6. The number of alkyl halides is 2. The van der Waals surface area contributed by atoms with Gasteiger partial charge in [-0.2, -0.15) is 8.78 Å². The van der Waals surface area contributed by atoms with Gasteiger partial charge in [0.15, 0.2) is 0 Å². The van der Waals surface area contributed by atoms with Gasteiger partial charge < -0.3 is 15.2 Å². The van der Waals surface area contributed by atoms with E-state index in [1.807, 2.05) is 0 Å². The van der Waals surface area contributed by atoms with Crippen LogP contribution in [0.1, 0.15) is 0 Å². The first kappa shape index (κ1) is 17.3. The lowest BCUT2D eigenvalue weighted by atomic mass is 10.2. The molecule has 2 rings (SSSR count). The molecule has 0 atom stereocenters. The number of hydrogen-bond acceptors (Lipinski definition) is 5. The standard InChI is InChI=1S/C13H10BrF3N2O4/c14-6-3-8(7(15)4-10(6)23-13(16)17)18-9-5-11(21)19(1-2-20)12(9)22/h3-5,13,18,20H,1-2H2. The van der Waals surface area contributed by atoms with E-state index in [2.05, 4.69) is 26.0 Å². The number of carbonyl (C=O) groups is 2. The Morgan fingerprint density at radius 2 is 2.04 bits per heavy atom. The van der Waals surface area contributed by atoms with E-state index in [1.165, 1.54) is 0 Å². The molecule has 0 saturated heterocycles. The molecule has 1 aliphatic rings. The predicted molar refractivity (Wildman–Crippen MR) is 76.2 cm³/mol. The highest BCUT2D eigenvalue weighted by Crippen LogP contribution is 2.32. The topological polar surface area (TPSA) is 78.9 Å². The fraction of sp³-hybridized carbons (Fsp3) is 0.231. The van der Waals surface area contributed by atoms with Crippen LogP contribution in [0.15, 0.2) is 28.4 Å². The largest absolute Gasteiger partial charge is 0.434 e. The van der Waals surface area contributed by atoms with Crippen LogP contribution in [0, 0.1) is 5.82 Å². The Balaban J connectivity index is 2.21. The molecule has 0 spiro atoms. The fourth-order valence-electron chi connectivity index (χ4n) is 1.87. The summed E-state index contributed by atoms with van der Waals surface area (Å²) in [6.45, 7) is -3.71. The minimum atomic E-state index is -3.12. The molecule has 0 fully saturated rings. The molecule has 1 aliphatic heterocycles. The summed E-state index contributed by atoms with van der Waals surface area (Å²) in [5, 5.41) is 11.2. The molecule has 1 heterocycles. The van der Waals surface area contributed by atoms with Crippen molar-refractivity contribution in [2.75, 3.05) is 18.5 Å². The van der Waals surface area contributed by atoms with Gasteiger partial charge in [-0.1, -0.05) is 0 Å². The number of nitrogens with one attached hydrogen (secondary N) is 1. The summed E-state index contributed by atoms with van der Waals surface area (Å²) in [4.78, 5) is 24.3. The van der Waals surface area contributed by atoms with Crippen molar-refractivity contribution >= 4 is 33.4 Å². The van der Waals surface area contributed by atoms with E-state index in [0.717, 1.165) is 17.0 Å². The van der Waals surface area contributed by atoms with Crippen molar-refractivity contribution in [2.24, 2.45) is 0 Å². The van der Waals surface area contributed by atoms with Gasteiger partial charge in [0.25, 0.3) is 11.8 Å². The van der Waals surface area contributed by atoms with Gasteiger partial charge in [0.2, 0.25) is 0 Å². The first-order valence-corrected chi connectivity index (χ1v) is 7.02. The minimum absolute atomic E-state index is 0.0336. The first-order chi connectivity index (χ1) is 10.8. The Morgan fingerprint density at radius 1 is 1.35 bits per heavy atom. The van der Waals surface area contributed by atoms with Crippen LogP contribution in [0.5, 0.6) is 5.75 Å². The molecule has 6 nitrogen and oxygen atoms in total. The quantitative estimate of drug-likeness (QED) is 0.719. The van der Waals surface area contributed by atoms with Gasteiger partial charge in [-0.3, -0.25) is 14.5 Å². The van der Waals surface area contributed by atoms with Crippen molar-refractivity contribution in [3.05, 3.63) is 34.2 Å². The number of amides is 2. The Labute approximate surface area is 136 Å². The van der Waals surface area contributed by atoms with Crippen LogP contribution in [-0.2, 0) is 9.59 Å². The second kappa shape index (κ2) is 7.01. The maximum Gasteiger partial charge on any atom is 0.387 e. The summed E-state index contributed by atoms with van der Waals surface area (Å²) >= 11 is 2.94. The lowest BCUT2D eigenvalue weighted by Crippen LogP contribution is -2.34. The molecular formula is C13H10BrF3N2O4. The number of aliphatic hydroxyl groups excluding tert-OH is 1. The van der Waals surface area contributed by atoms with Gasteiger partial charge in [-0.25, -0.2) is 4.39 Å². The van der Waals surface area contributed by atoms with E-state index in [-0.39, 0.29) is 22.4 Å². The van der Waals surface area contributed by atoms with E-state index in [1.54, 1.807) is 0 Å². The SMILES string of the molecule is O=C1C=C(Nc2cc(Br)c(OC(F)F)cc2F)C(=O)N1CCO. The van der Waals surface area contributed by atoms with Crippen molar-refractivity contribution in [2.45, 2.75) is 6.61 Å². The summed E-state index contributed by atoms with van der Waals surface area (Å²) in [6, 6.07) is 1.81. The second-order valence-electron chi connectivity index (χ2n) is 4.34. The van der Waals surface area contributed by atoms with Gasteiger partial charge in [0.05, 0.1) is 23.3 Å². The van der Waals surface area contributed by atoms with Gasteiger partial charge in [-0.05, 0) is 22.0 Å².